The Morgan fingerprint density at radius 1 is 1.20 bits per heavy atom. The zero-order valence-corrected chi connectivity index (χ0v) is 12.0. The van der Waals surface area contributed by atoms with Crippen molar-refractivity contribution in [3.8, 4) is 0 Å². The minimum Gasteiger partial charge on any atom is -0.349 e. The first-order valence-electron chi connectivity index (χ1n) is 5.82. The van der Waals surface area contributed by atoms with Crippen LogP contribution in [0.5, 0.6) is 0 Å². The van der Waals surface area contributed by atoms with Crippen LogP contribution in [0.25, 0.3) is 0 Å². The van der Waals surface area contributed by atoms with E-state index in [1.807, 2.05) is 5.38 Å². The summed E-state index contributed by atoms with van der Waals surface area (Å²) < 4.78 is 0. The van der Waals surface area contributed by atoms with E-state index >= 15 is 0 Å². The van der Waals surface area contributed by atoms with E-state index in [9.17, 15) is 9.59 Å². The zero-order valence-electron chi connectivity index (χ0n) is 10.4. The van der Waals surface area contributed by atoms with E-state index in [4.69, 9.17) is 11.6 Å². The number of rotatable bonds is 5. The molecule has 0 saturated heterocycles. The van der Waals surface area contributed by atoms with Gasteiger partial charge in [0.25, 0.3) is 5.91 Å². The molecule has 0 aliphatic carbocycles. The van der Waals surface area contributed by atoms with Crippen molar-refractivity contribution in [1.29, 1.82) is 0 Å². The van der Waals surface area contributed by atoms with Crippen molar-refractivity contribution < 1.29 is 9.59 Å². The summed E-state index contributed by atoms with van der Waals surface area (Å²) in [6, 6.07) is 6.45. The molecule has 0 fully saturated rings. The van der Waals surface area contributed by atoms with Gasteiger partial charge < -0.3 is 10.6 Å². The van der Waals surface area contributed by atoms with Crippen LogP contribution in [0.3, 0.4) is 0 Å². The Balaban J connectivity index is 1.75. The second-order valence-corrected chi connectivity index (χ2v) is 5.10. The van der Waals surface area contributed by atoms with E-state index < -0.39 is 0 Å². The number of halogens is 1. The van der Waals surface area contributed by atoms with Gasteiger partial charge in [-0.25, -0.2) is 4.98 Å². The summed E-state index contributed by atoms with van der Waals surface area (Å²) in [5, 5.41) is 7.62. The van der Waals surface area contributed by atoms with Crippen LogP contribution in [0.2, 0.25) is 5.02 Å². The van der Waals surface area contributed by atoms with Gasteiger partial charge in [0.15, 0.2) is 0 Å². The van der Waals surface area contributed by atoms with Gasteiger partial charge >= 0.3 is 0 Å². The van der Waals surface area contributed by atoms with Crippen LogP contribution < -0.4 is 10.6 Å². The van der Waals surface area contributed by atoms with Gasteiger partial charge in [-0.15, -0.1) is 11.3 Å². The van der Waals surface area contributed by atoms with Crippen LogP contribution in [-0.2, 0) is 11.3 Å². The molecular weight excluding hydrogens is 298 g/mol. The number of nitrogens with zero attached hydrogens (tertiary/aromatic N) is 1. The molecule has 104 valence electrons. The van der Waals surface area contributed by atoms with Gasteiger partial charge in [-0.2, -0.15) is 0 Å². The first-order valence-corrected chi connectivity index (χ1v) is 7.15. The van der Waals surface area contributed by atoms with Crippen LogP contribution in [0.1, 0.15) is 16.1 Å². The van der Waals surface area contributed by atoms with E-state index in [2.05, 4.69) is 15.6 Å². The maximum absolute atomic E-state index is 11.7. The smallest absolute Gasteiger partial charge is 0.251 e. The highest BCUT2D eigenvalue weighted by Crippen LogP contribution is 2.09. The van der Waals surface area contributed by atoms with Gasteiger partial charge in [0.05, 0.1) is 24.3 Å². The summed E-state index contributed by atoms with van der Waals surface area (Å²) in [5.74, 6) is -0.578. The van der Waals surface area contributed by atoms with E-state index in [-0.39, 0.29) is 18.4 Å². The Morgan fingerprint density at radius 3 is 2.60 bits per heavy atom. The Morgan fingerprint density at radius 2 is 1.95 bits per heavy atom. The van der Waals surface area contributed by atoms with Crippen LogP contribution in [0.4, 0.5) is 0 Å². The van der Waals surface area contributed by atoms with Crippen molar-refractivity contribution >= 4 is 34.8 Å². The molecule has 20 heavy (non-hydrogen) atoms. The third-order valence-corrected chi connectivity index (χ3v) is 3.35. The predicted molar refractivity (Wildman–Crippen MR) is 77.7 cm³/mol. The van der Waals surface area contributed by atoms with Crippen molar-refractivity contribution in [3.63, 3.8) is 0 Å². The number of hydrogen-bond acceptors (Lipinski definition) is 4. The molecule has 0 spiro atoms. The van der Waals surface area contributed by atoms with Crippen molar-refractivity contribution in [2.75, 3.05) is 6.54 Å². The Bertz CT molecular complexity index is 584. The van der Waals surface area contributed by atoms with Crippen molar-refractivity contribution in [2.24, 2.45) is 0 Å². The SMILES string of the molecule is O=C(CNC(=O)c1ccc(Cl)cc1)NCc1cscn1. The lowest BCUT2D eigenvalue weighted by molar-refractivity contribution is -0.120. The fourth-order valence-electron chi connectivity index (χ4n) is 1.44. The fraction of sp³-hybridized carbons (Fsp3) is 0.154. The third-order valence-electron chi connectivity index (χ3n) is 2.47. The second-order valence-electron chi connectivity index (χ2n) is 3.95. The zero-order chi connectivity index (χ0) is 14.4. The lowest BCUT2D eigenvalue weighted by Gasteiger charge is -2.06. The van der Waals surface area contributed by atoms with Gasteiger partial charge in [-0.05, 0) is 24.3 Å². The van der Waals surface area contributed by atoms with Gasteiger partial charge in [-0.1, -0.05) is 11.6 Å². The molecule has 0 bridgehead atoms. The van der Waals surface area contributed by atoms with Crippen molar-refractivity contribution in [1.82, 2.24) is 15.6 Å². The fourth-order valence-corrected chi connectivity index (χ4v) is 2.12. The van der Waals surface area contributed by atoms with E-state index in [1.165, 1.54) is 11.3 Å². The first kappa shape index (κ1) is 14.5. The van der Waals surface area contributed by atoms with Crippen LogP contribution in [0, 0.1) is 0 Å². The minimum absolute atomic E-state index is 0.0778. The number of amides is 2. The number of nitrogens with one attached hydrogen (secondary N) is 2. The molecule has 2 amide bonds. The molecular formula is C13H12ClN3O2S. The van der Waals surface area contributed by atoms with E-state index in [0.29, 0.717) is 17.1 Å². The Kier molecular flexibility index (Phi) is 5.09. The number of hydrogen-bond donors (Lipinski definition) is 2. The van der Waals surface area contributed by atoms with Gasteiger partial charge in [0.2, 0.25) is 5.91 Å². The molecule has 2 N–H and O–H groups in total. The molecule has 0 radical (unpaired) electrons. The molecule has 2 aromatic rings. The van der Waals surface area contributed by atoms with Crippen LogP contribution in [0.15, 0.2) is 35.2 Å². The summed E-state index contributed by atoms with van der Waals surface area (Å²) in [5.41, 5.74) is 2.96. The molecule has 0 unspecified atom stereocenters. The molecule has 5 nitrogen and oxygen atoms in total. The Labute approximate surface area is 125 Å². The number of thiazole rings is 1. The number of benzene rings is 1. The quantitative estimate of drug-likeness (QED) is 0.885. The van der Waals surface area contributed by atoms with Crippen molar-refractivity contribution in [3.05, 3.63) is 51.4 Å². The highest BCUT2D eigenvalue weighted by molar-refractivity contribution is 7.07. The predicted octanol–water partition coefficient (Wildman–Crippen LogP) is 1.84. The van der Waals surface area contributed by atoms with Gasteiger partial charge in [-0.3, -0.25) is 9.59 Å². The normalized spacial score (nSPS) is 10.1. The summed E-state index contributed by atoms with van der Waals surface area (Å²) in [6.45, 7) is 0.282. The van der Waals surface area contributed by atoms with Crippen LogP contribution in [-0.4, -0.2) is 23.3 Å². The maximum Gasteiger partial charge on any atom is 0.251 e. The molecule has 0 aliphatic rings. The van der Waals surface area contributed by atoms with Gasteiger partial charge in [0, 0.05) is 16.0 Å². The minimum atomic E-state index is -0.314. The summed E-state index contributed by atoms with van der Waals surface area (Å²) in [4.78, 5) is 27.3. The largest absolute Gasteiger partial charge is 0.349 e. The summed E-state index contributed by atoms with van der Waals surface area (Å²) in [6.07, 6.45) is 0. The lowest BCUT2D eigenvalue weighted by atomic mass is 10.2. The Hall–Kier alpha value is -1.92. The van der Waals surface area contributed by atoms with Crippen LogP contribution >= 0.6 is 22.9 Å². The van der Waals surface area contributed by atoms with E-state index in [1.54, 1.807) is 29.8 Å². The molecule has 1 aromatic heterocycles. The molecule has 0 atom stereocenters. The first-order chi connectivity index (χ1) is 9.65. The monoisotopic (exact) mass is 309 g/mol. The molecule has 1 heterocycles. The molecule has 0 aliphatic heterocycles. The maximum atomic E-state index is 11.7. The molecule has 2 rings (SSSR count). The third kappa shape index (κ3) is 4.32. The number of carbonyl (C=O) groups is 2. The molecule has 1 aromatic carbocycles. The number of aromatic nitrogens is 1. The van der Waals surface area contributed by atoms with Gasteiger partial charge in [0.1, 0.15) is 0 Å². The van der Waals surface area contributed by atoms with Crippen molar-refractivity contribution in [2.45, 2.75) is 6.54 Å². The summed E-state index contributed by atoms with van der Waals surface area (Å²) >= 11 is 7.20. The number of carbonyl (C=O) groups excluding carboxylic acids is 2. The highest BCUT2D eigenvalue weighted by atomic mass is 35.5. The second kappa shape index (κ2) is 7.02. The topological polar surface area (TPSA) is 71.1 Å². The molecule has 7 heteroatoms. The lowest BCUT2D eigenvalue weighted by Crippen LogP contribution is -2.36. The molecule has 0 saturated carbocycles. The standard InChI is InChI=1S/C13H12ClN3O2S/c14-10-3-1-9(2-4-10)13(19)16-6-12(18)15-5-11-7-20-8-17-11/h1-4,7-8H,5-6H2,(H,15,18)(H,16,19). The average molecular weight is 310 g/mol. The average Bonchev–Trinajstić information content (AvgIpc) is 2.96. The van der Waals surface area contributed by atoms with E-state index in [0.717, 1.165) is 5.69 Å². The highest BCUT2D eigenvalue weighted by Gasteiger charge is 2.08. The summed E-state index contributed by atoms with van der Waals surface area (Å²) in [7, 11) is 0.